The van der Waals surface area contributed by atoms with E-state index in [2.05, 4.69) is 4.98 Å². The number of rotatable bonds is 3. The number of carbonyl (C=O) groups is 1. The average Bonchev–Trinajstić information content (AvgIpc) is 2.39. The first kappa shape index (κ1) is 11.1. The summed E-state index contributed by atoms with van der Waals surface area (Å²) in [5.41, 5.74) is 1.58. The van der Waals surface area contributed by atoms with Crippen LogP contribution in [0.5, 0.6) is 5.75 Å². The Kier molecular flexibility index (Phi) is 3.05. The Morgan fingerprint density at radius 2 is 2.12 bits per heavy atom. The second kappa shape index (κ2) is 4.65. The zero-order valence-corrected chi connectivity index (χ0v) is 9.25. The van der Waals surface area contributed by atoms with Crippen molar-refractivity contribution in [2.75, 3.05) is 7.11 Å². The molecule has 17 heavy (non-hydrogen) atoms. The number of hydrogen-bond acceptors (Lipinski definition) is 3. The van der Waals surface area contributed by atoms with Crippen LogP contribution in [-0.4, -0.2) is 23.2 Å². The molecule has 1 heterocycles. The fourth-order valence-corrected chi connectivity index (χ4v) is 1.56. The fraction of sp³-hybridized carbons (Fsp3) is 0.0769. The summed E-state index contributed by atoms with van der Waals surface area (Å²) in [5, 5.41) is 8.96. The number of nitrogens with zero attached hydrogens (tertiary/aromatic N) is 1. The number of ether oxygens (including phenoxy) is 1. The van der Waals surface area contributed by atoms with Crippen molar-refractivity contribution in [1.82, 2.24) is 4.98 Å². The summed E-state index contributed by atoms with van der Waals surface area (Å²) in [4.78, 5) is 15.1. The molecule has 0 radical (unpaired) electrons. The third-order valence-electron chi connectivity index (χ3n) is 2.39. The van der Waals surface area contributed by atoms with E-state index in [9.17, 15) is 4.79 Å². The fourth-order valence-electron chi connectivity index (χ4n) is 1.56. The van der Waals surface area contributed by atoms with E-state index in [1.54, 1.807) is 31.5 Å². The van der Waals surface area contributed by atoms with Crippen LogP contribution in [0.15, 0.2) is 42.6 Å². The van der Waals surface area contributed by atoms with Crippen LogP contribution in [0.4, 0.5) is 0 Å². The van der Waals surface area contributed by atoms with E-state index in [0.717, 1.165) is 0 Å². The van der Waals surface area contributed by atoms with Crippen molar-refractivity contribution in [3.63, 3.8) is 0 Å². The van der Waals surface area contributed by atoms with Gasteiger partial charge in [-0.3, -0.25) is 4.98 Å². The molecule has 0 amide bonds. The summed E-state index contributed by atoms with van der Waals surface area (Å²) in [5.74, 6) is -0.362. The van der Waals surface area contributed by atoms with Gasteiger partial charge in [-0.05, 0) is 30.3 Å². The molecule has 1 aromatic carbocycles. The number of methoxy groups -OCH3 is 1. The maximum atomic E-state index is 10.9. The molecular weight excluding hydrogens is 218 g/mol. The van der Waals surface area contributed by atoms with Crippen molar-refractivity contribution >= 4 is 5.97 Å². The number of pyridine rings is 1. The molecule has 4 heteroatoms. The lowest BCUT2D eigenvalue weighted by Crippen LogP contribution is -1.98. The summed E-state index contributed by atoms with van der Waals surface area (Å²) in [7, 11) is 1.54. The second-order valence-corrected chi connectivity index (χ2v) is 3.44. The van der Waals surface area contributed by atoms with Crippen molar-refractivity contribution in [3.05, 3.63) is 48.2 Å². The lowest BCUT2D eigenvalue weighted by atomic mass is 10.1. The maximum Gasteiger partial charge on any atom is 0.335 e. The molecular formula is C13H11NO3. The number of aromatic carboxylic acids is 1. The first-order chi connectivity index (χ1) is 8.22. The van der Waals surface area contributed by atoms with Gasteiger partial charge in [-0.1, -0.05) is 6.07 Å². The van der Waals surface area contributed by atoms with Crippen molar-refractivity contribution in [2.45, 2.75) is 0 Å². The lowest BCUT2D eigenvalue weighted by molar-refractivity contribution is 0.0697. The molecule has 0 bridgehead atoms. The van der Waals surface area contributed by atoms with E-state index in [0.29, 0.717) is 17.0 Å². The predicted octanol–water partition coefficient (Wildman–Crippen LogP) is 2.46. The van der Waals surface area contributed by atoms with Crippen molar-refractivity contribution in [3.8, 4) is 17.0 Å². The standard InChI is InChI=1S/C13H11NO3/c1-17-12-6-5-9(13(15)16)8-10(12)11-4-2-3-7-14-11/h2-8H,1H3,(H,15,16). The van der Waals surface area contributed by atoms with Gasteiger partial charge in [0, 0.05) is 11.8 Å². The minimum atomic E-state index is -0.968. The zero-order chi connectivity index (χ0) is 12.3. The summed E-state index contributed by atoms with van der Waals surface area (Å²) >= 11 is 0. The van der Waals surface area contributed by atoms with Crippen LogP contribution in [0.3, 0.4) is 0 Å². The SMILES string of the molecule is COc1ccc(C(=O)O)cc1-c1ccccn1. The second-order valence-electron chi connectivity index (χ2n) is 3.44. The largest absolute Gasteiger partial charge is 0.496 e. The Morgan fingerprint density at radius 1 is 1.29 bits per heavy atom. The molecule has 0 aliphatic rings. The van der Waals surface area contributed by atoms with Crippen molar-refractivity contribution in [2.24, 2.45) is 0 Å². The molecule has 0 saturated carbocycles. The number of aromatic nitrogens is 1. The van der Waals surface area contributed by atoms with Crippen LogP contribution in [0.1, 0.15) is 10.4 Å². The van der Waals surface area contributed by atoms with E-state index in [1.165, 1.54) is 6.07 Å². The Bertz CT molecular complexity index is 538. The zero-order valence-electron chi connectivity index (χ0n) is 9.25. The van der Waals surface area contributed by atoms with Gasteiger partial charge >= 0.3 is 5.97 Å². The number of hydrogen-bond donors (Lipinski definition) is 1. The molecule has 0 unspecified atom stereocenters. The predicted molar refractivity (Wildman–Crippen MR) is 63.2 cm³/mol. The van der Waals surface area contributed by atoms with Crippen LogP contribution >= 0.6 is 0 Å². The summed E-state index contributed by atoms with van der Waals surface area (Å²) in [6.45, 7) is 0. The number of benzene rings is 1. The van der Waals surface area contributed by atoms with Gasteiger partial charge in [0.15, 0.2) is 0 Å². The molecule has 0 spiro atoms. The number of carboxylic acid groups (broad SMARTS) is 1. The highest BCUT2D eigenvalue weighted by atomic mass is 16.5. The van der Waals surface area contributed by atoms with Gasteiger partial charge in [0.1, 0.15) is 5.75 Å². The third kappa shape index (κ3) is 2.25. The summed E-state index contributed by atoms with van der Waals surface area (Å²) < 4.78 is 5.20. The van der Waals surface area contributed by atoms with Crippen LogP contribution in [0.2, 0.25) is 0 Å². The monoisotopic (exact) mass is 229 g/mol. The van der Waals surface area contributed by atoms with Gasteiger partial charge < -0.3 is 9.84 Å². The molecule has 2 aromatic rings. The summed E-state index contributed by atoms with van der Waals surface area (Å²) in [6.07, 6.45) is 1.65. The van der Waals surface area contributed by atoms with Gasteiger partial charge in [0.05, 0.1) is 18.4 Å². The van der Waals surface area contributed by atoms with E-state index in [4.69, 9.17) is 9.84 Å². The Balaban J connectivity index is 2.58. The molecule has 0 atom stereocenters. The highest BCUT2D eigenvalue weighted by Crippen LogP contribution is 2.29. The van der Waals surface area contributed by atoms with Crippen molar-refractivity contribution in [1.29, 1.82) is 0 Å². The maximum absolute atomic E-state index is 10.9. The average molecular weight is 229 g/mol. The quantitative estimate of drug-likeness (QED) is 0.878. The van der Waals surface area contributed by atoms with E-state index < -0.39 is 5.97 Å². The minimum Gasteiger partial charge on any atom is -0.496 e. The van der Waals surface area contributed by atoms with Crippen molar-refractivity contribution < 1.29 is 14.6 Å². The normalized spacial score (nSPS) is 9.94. The topological polar surface area (TPSA) is 59.4 Å². The molecule has 1 N–H and O–H groups in total. The Morgan fingerprint density at radius 3 is 2.71 bits per heavy atom. The third-order valence-corrected chi connectivity index (χ3v) is 2.39. The molecule has 0 saturated heterocycles. The molecule has 0 aliphatic carbocycles. The first-order valence-corrected chi connectivity index (χ1v) is 5.05. The molecule has 86 valence electrons. The van der Waals surface area contributed by atoms with Crippen LogP contribution in [-0.2, 0) is 0 Å². The lowest BCUT2D eigenvalue weighted by Gasteiger charge is -2.08. The molecule has 0 aliphatic heterocycles. The highest BCUT2D eigenvalue weighted by Gasteiger charge is 2.11. The van der Waals surface area contributed by atoms with E-state index >= 15 is 0 Å². The van der Waals surface area contributed by atoms with Crippen LogP contribution < -0.4 is 4.74 Å². The number of carboxylic acids is 1. The molecule has 2 rings (SSSR count). The van der Waals surface area contributed by atoms with Gasteiger partial charge in [-0.2, -0.15) is 0 Å². The van der Waals surface area contributed by atoms with Gasteiger partial charge in [-0.15, -0.1) is 0 Å². The van der Waals surface area contributed by atoms with Gasteiger partial charge in [0.25, 0.3) is 0 Å². The van der Waals surface area contributed by atoms with Crippen LogP contribution in [0.25, 0.3) is 11.3 Å². The van der Waals surface area contributed by atoms with Crippen LogP contribution in [0, 0.1) is 0 Å². The summed E-state index contributed by atoms with van der Waals surface area (Å²) in [6, 6.07) is 10.2. The van der Waals surface area contributed by atoms with Gasteiger partial charge in [0.2, 0.25) is 0 Å². The van der Waals surface area contributed by atoms with Gasteiger partial charge in [-0.25, -0.2) is 4.79 Å². The highest BCUT2D eigenvalue weighted by molar-refractivity contribution is 5.90. The Hall–Kier alpha value is -2.36. The molecule has 4 nitrogen and oxygen atoms in total. The smallest absolute Gasteiger partial charge is 0.335 e. The van der Waals surface area contributed by atoms with E-state index in [-0.39, 0.29) is 5.56 Å². The molecule has 0 fully saturated rings. The molecule has 1 aromatic heterocycles. The first-order valence-electron chi connectivity index (χ1n) is 5.05. The minimum absolute atomic E-state index is 0.214. The Labute approximate surface area is 98.5 Å². The van der Waals surface area contributed by atoms with E-state index in [1.807, 2.05) is 12.1 Å².